The standard InChI is InChI=1S/C20H19F3N4/c1-19-9-13(12-27(19)16-3-2-6-25-11-16)7-18(19)26-15-5-4-14(10-24)17(8-15)20(21,22)23/h2-6,11,13,18H,7-9,12H2,1H3. The maximum atomic E-state index is 13.3. The summed E-state index contributed by atoms with van der Waals surface area (Å²) < 4.78 is 39.8. The Labute approximate surface area is 155 Å². The molecule has 2 fully saturated rings. The quantitative estimate of drug-likeness (QED) is 0.781. The molecule has 0 amide bonds. The Morgan fingerprint density at radius 3 is 2.81 bits per heavy atom. The van der Waals surface area contributed by atoms with Gasteiger partial charge in [-0.05, 0) is 50.0 Å². The van der Waals surface area contributed by atoms with E-state index in [0.717, 1.165) is 25.1 Å². The number of aliphatic imine (C=N–C) groups is 1. The zero-order valence-electron chi connectivity index (χ0n) is 14.9. The molecule has 140 valence electrons. The number of hydrogen-bond donors (Lipinski definition) is 0. The molecule has 0 aromatic carbocycles. The molecule has 2 aliphatic carbocycles. The van der Waals surface area contributed by atoms with Gasteiger partial charge in [-0.1, -0.05) is 0 Å². The van der Waals surface area contributed by atoms with Crippen LogP contribution in [0.2, 0.25) is 0 Å². The smallest absolute Gasteiger partial charge is 0.362 e. The number of rotatable bonds is 2. The highest BCUT2D eigenvalue weighted by Gasteiger charge is 2.54. The van der Waals surface area contributed by atoms with Crippen molar-refractivity contribution in [3.05, 3.63) is 47.8 Å². The molecule has 3 atom stereocenters. The Kier molecular flexibility index (Phi) is 4.10. The number of pyridine rings is 1. The minimum absolute atomic E-state index is 0.0748. The van der Waals surface area contributed by atoms with Gasteiger partial charge in [0, 0.05) is 24.9 Å². The number of hydrogen-bond acceptors (Lipinski definition) is 4. The normalized spacial score (nSPS) is 31.7. The second-order valence-electron chi connectivity index (χ2n) is 7.63. The van der Waals surface area contributed by atoms with Gasteiger partial charge >= 0.3 is 6.18 Å². The van der Waals surface area contributed by atoms with Crippen molar-refractivity contribution in [1.29, 1.82) is 5.26 Å². The molecule has 2 heterocycles. The third kappa shape index (κ3) is 3.03. The lowest BCUT2D eigenvalue weighted by atomic mass is 9.92. The average molecular weight is 372 g/mol. The largest absolute Gasteiger partial charge is 0.414 e. The highest BCUT2D eigenvalue weighted by molar-refractivity contribution is 5.99. The van der Waals surface area contributed by atoms with Gasteiger partial charge in [-0.25, -0.2) is 0 Å². The number of alkyl halides is 3. The summed E-state index contributed by atoms with van der Waals surface area (Å²) in [6, 6.07) is 5.46. The number of nitrogens with zero attached hydrogens (tertiary/aromatic N) is 4. The van der Waals surface area contributed by atoms with E-state index < -0.39 is 11.7 Å². The molecule has 7 heteroatoms. The summed E-state index contributed by atoms with van der Waals surface area (Å²) in [6.07, 6.45) is 3.32. The number of piperidine rings is 1. The van der Waals surface area contributed by atoms with E-state index in [9.17, 15) is 13.2 Å². The van der Waals surface area contributed by atoms with Crippen molar-refractivity contribution in [2.45, 2.75) is 43.9 Å². The molecule has 0 spiro atoms. The highest BCUT2D eigenvalue weighted by Crippen LogP contribution is 2.49. The second kappa shape index (κ2) is 6.22. The zero-order chi connectivity index (χ0) is 19.2. The first-order valence-corrected chi connectivity index (χ1v) is 8.94. The molecular formula is C20H19F3N4. The Morgan fingerprint density at radius 1 is 1.37 bits per heavy atom. The van der Waals surface area contributed by atoms with Crippen molar-refractivity contribution in [3.63, 3.8) is 0 Å². The lowest BCUT2D eigenvalue weighted by Gasteiger charge is -2.42. The topological polar surface area (TPSA) is 52.3 Å². The molecule has 4 rings (SSSR count). The molecule has 0 N–H and O–H groups in total. The van der Waals surface area contributed by atoms with E-state index in [1.807, 2.05) is 18.3 Å². The fourth-order valence-electron chi connectivity index (χ4n) is 4.64. The van der Waals surface area contributed by atoms with E-state index in [1.165, 1.54) is 6.08 Å². The van der Waals surface area contributed by atoms with Crippen LogP contribution in [0.1, 0.15) is 26.2 Å². The number of fused-ring (bicyclic) bond motifs is 2. The van der Waals surface area contributed by atoms with Gasteiger partial charge in [0.2, 0.25) is 0 Å². The van der Waals surface area contributed by atoms with Gasteiger partial charge in [-0.3, -0.25) is 9.98 Å². The van der Waals surface area contributed by atoms with E-state index in [4.69, 9.17) is 10.3 Å². The summed E-state index contributed by atoms with van der Waals surface area (Å²) in [5.41, 5.74) is 0.0633. The molecule has 4 nitrogen and oxygen atoms in total. The van der Waals surface area contributed by atoms with Crippen LogP contribution in [0.3, 0.4) is 0 Å². The highest BCUT2D eigenvalue weighted by atomic mass is 19.4. The summed E-state index contributed by atoms with van der Waals surface area (Å²) in [5.74, 6) is 0.476. The van der Waals surface area contributed by atoms with E-state index in [2.05, 4.69) is 16.8 Å². The van der Waals surface area contributed by atoms with Gasteiger partial charge in [0.1, 0.15) is 0 Å². The van der Waals surface area contributed by atoms with Gasteiger partial charge < -0.3 is 4.90 Å². The van der Waals surface area contributed by atoms with Crippen LogP contribution in [0.5, 0.6) is 0 Å². The first-order chi connectivity index (χ1) is 12.8. The van der Waals surface area contributed by atoms with Crippen LogP contribution in [-0.4, -0.2) is 35.0 Å². The predicted octanol–water partition coefficient (Wildman–Crippen LogP) is 4.22. The van der Waals surface area contributed by atoms with Crippen LogP contribution >= 0.6 is 0 Å². The fourth-order valence-corrected chi connectivity index (χ4v) is 4.64. The Morgan fingerprint density at radius 2 is 2.19 bits per heavy atom. The molecule has 1 saturated heterocycles. The summed E-state index contributed by atoms with van der Waals surface area (Å²) in [6.45, 7) is 3.06. The van der Waals surface area contributed by atoms with Gasteiger partial charge in [0.15, 0.2) is 0 Å². The summed E-state index contributed by atoms with van der Waals surface area (Å²) in [5, 5.41) is 8.97. The van der Waals surface area contributed by atoms with Crippen molar-refractivity contribution < 1.29 is 13.2 Å². The molecule has 1 saturated carbocycles. The summed E-state index contributed by atoms with van der Waals surface area (Å²) in [7, 11) is 0. The number of nitriles is 1. The van der Waals surface area contributed by atoms with E-state index in [1.54, 1.807) is 18.3 Å². The molecule has 3 unspecified atom stereocenters. The fraction of sp³-hybridized carbons (Fsp3) is 0.450. The second-order valence-corrected chi connectivity index (χ2v) is 7.63. The van der Waals surface area contributed by atoms with Crippen molar-refractivity contribution in [1.82, 2.24) is 4.98 Å². The molecule has 1 aromatic heterocycles. The third-order valence-electron chi connectivity index (χ3n) is 5.90. The van der Waals surface area contributed by atoms with Crippen molar-refractivity contribution in [2.75, 3.05) is 11.4 Å². The van der Waals surface area contributed by atoms with Gasteiger partial charge in [0.05, 0.1) is 40.7 Å². The third-order valence-corrected chi connectivity index (χ3v) is 5.90. The van der Waals surface area contributed by atoms with Gasteiger partial charge in [0.25, 0.3) is 0 Å². The first-order valence-electron chi connectivity index (χ1n) is 8.94. The predicted molar refractivity (Wildman–Crippen MR) is 96.4 cm³/mol. The average Bonchev–Trinajstić information content (AvgIpc) is 3.14. The SMILES string of the molecule is CC12CC(CC1N=C1C=CC(C#N)=C(C(F)(F)F)C1)CN2c1cccnc1. The summed E-state index contributed by atoms with van der Waals surface area (Å²) in [4.78, 5) is 11.2. The van der Waals surface area contributed by atoms with Crippen LogP contribution in [0, 0.1) is 17.2 Å². The van der Waals surface area contributed by atoms with E-state index >= 15 is 0 Å². The number of anilines is 1. The minimum atomic E-state index is -4.52. The van der Waals surface area contributed by atoms with Crippen LogP contribution in [-0.2, 0) is 0 Å². The van der Waals surface area contributed by atoms with Crippen molar-refractivity contribution in [3.8, 4) is 6.07 Å². The van der Waals surface area contributed by atoms with Crippen molar-refractivity contribution in [2.24, 2.45) is 10.9 Å². The van der Waals surface area contributed by atoms with Crippen LogP contribution in [0.4, 0.5) is 18.9 Å². The molecule has 1 aliphatic heterocycles. The van der Waals surface area contributed by atoms with E-state index in [-0.39, 0.29) is 23.6 Å². The molecule has 0 radical (unpaired) electrons. The summed E-state index contributed by atoms with van der Waals surface area (Å²) >= 11 is 0. The minimum Gasteiger partial charge on any atom is -0.362 e. The number of allylic oxidation sites excluding steroid dienone is 4. The molecule has 1 aromatic rings. The molecular weight excluding hydrogens is 353 g/mol. The lowest BCUT2D eigenvalue weighted by molar-refractivity contribution is -0.0929. The molecule has 2 bridgehead atoms. The number of halogens is 3. The van der Waals surface area contributed by atoms with Crippen molar-refractivity contribution >= 4 is 11.4 Å². The molecule has 27 heavy (non-hydrogen) atoms. The van der Waals surface area contributed by atoms with Crippen LogP contribution < -0.4 is 4.90 Å². The first kappa shape index (κ1) is 17.8. The molecule has 3 aliphatic rings. The Hall–Kier alpha value is -2.62. The van der Waals surface area contributed by atoms with E-state index in [0.29, 0.717) is 11.6 Å². The van der Waals surface area contributed by atoms with Gasteiger partial charge in [-0.2, -0.15) is 18.4 Å². The lowest BCUT2D eigenvalue weighted by Crippen LogP contribution is -2.51. The van der Waals surface area contributed by atoms with Gasteiger partial charge in [-0.15, -0.1) is 0 Å². The monoisotopic (exact) mass is 372 g/mol. The van der Waals surface area contributed by atoms with Crippen LogP contribution in [0.15, 0.2) is 52.8 Å². The maximum Gasteiger partial charge on any atom is 0.414 e. The maximum absolute atomic E-state index is 13.3. The van der Waals surface area contributed by atoms with Crippen LogP contribution in [0.25, 0.3) is 0 Å². The number of aromatic nitrogens is 1. The zero-order valence-corrected chi connectivity index (χ0v) is 14.9. The Balaban J connectivity index is 1.62. The Bertz CT molecular complexity index is 879.